The van der Waals surface area contributed by atoms with Crippen LogP contribution in [0.25, 0.3) is 11.1 Å². The number of oxazole rings is 1. The Balaban J connectivity index is 1.66. The van der Waals surface area contributed by atoms with Crippen LogP contribution in [0.1, 0.15) is 6.42 Å². The van der Waals surface area contributed by atoms with Crippen LogP contribution >= 0.6 is 11.8 Å². The number of carbonyl (C=O) groups excluding carboxylic acids is 1. The van der Waals surface area contributed by atoms with Gasteiger partial charge in [-0.1, -0.05) is 0 Å². The summed E-state index contributed by atoms with van der Waals surface area (Å²) in [7, 11) is 3.76. The highest BCUT2D eigenvalue weighted by Gasteiger charge is 2.17. The predicted octanol–water partition coefficient (Wildman–Crippen LogP) is 1.93. The van der Waals surface area contributed by atoms with Crippen molar-refractivity contribution in [3.63, 3.8) is 0 Å². The van der Waals surface area contributed by atoms with Gasteiger partial charge in [-0.2, -0.15) is 16.7 Å². The highest BCUT2D eigenvalue weighted by molar-refractivity contribution is 7.99. The number of hydrogen-bond donors (Lipinski definition) is 2. The monoisotopic (exact) mass is 320 g/mol. The molecule has 2 aromatic rings. The molecule has 0 spiro atoms. The fourth-order valence-corrected chi connectivity index (χ4v) is 3.32. The van der Waals surface area contributed by atoms with Crippen LogP contribution < -0.4 is 15.5 Å². The third-order valence-corrected chi connectivity index (χ3v) is 4.60. The van der Waals surface area contributed by atoms with Crippen molar-refractivity contribution < 1.29 is 9.21 Å². The van der Waals surface area contributed by atoms with Gasteiger partial charge in [0.15, 0.2) is 5.58 Å². The Hall–Kier alpha value is -1.73. The maximum Gasteiger partial charge on any atom is 0.297 e. The zero-order valence-corrected chi connectivity index (χ0v) is 13.6. The highest BCUT2D eigenvalue weighted by atomic mass is 32.2. The van der Waals surface area contributed by atoms with E-state index in [1.54, 1.807) is 0 Å². The van der Waals surface area contributed by atoms with Crippen molar-refractivity contribution in [3.05, 3.63) is 18.2 Å². The average molecular weight is 320 g/mol. The molecule has 1 amide bonds. The molecule has 1 aromatic carbocycles. The van der Waals surface area contributed by atoms with Gasteiger partial charge in [0.05, 0.1) is 0 Å². The molecule has 1 aliphatic heterocycles. The molecule has 3 rings (SSSR count). The second-order valence-corrected chi connectivity index (χ2v) is 6.70. The quantitative estimate of drug-likeness (QED) is 0.897. The predicted molar refractivity (Wildman–Crippen MR) is 90.7 cm³/mol. The van der Waals surface area contributed by atoms with Crippen molar-refractivity contribution in [2.45, 2.75) is 12.5 Å². The highest BCUT2D eigenvalue weighted by Crippen LogP contribution is 2.23. The Morgan fingerprint density at radius 3 is 3.14 bits per heavy atom. The molecule has 1 unspecified atom stereocenters. The van der Waals surface area contributed by atoms with E-state index in [2.05, 4.69) is 15.6 Å². The van der Waals surface area contributed by atoms with Gasteiger partial charge < -0.3 is 20.0 Å². The third kappa shape index (κ3) is 3.53. The summed E-state index contributed by atoms with van der Waals surface area (Å²) in [5.41, 5.74) is 2.21. The van der Waals surface area contributed by atoms with Gasteiger partial charge in [0.1, 0.15) is 5.52 Å². The SMILES string of the molecule is CN(C)c1nc2cc(NC(=O)CC3CSCCN3)ccc2o1. The zero-order valence-electron chi connectivity index (χ0n) is 12.8. The normalized spacial score (nSPS) is 18.4. The Labute approximate surface area is 133 Å². The first-order valence-electron chi connectivity index (χ1n) is 7.31. The molecule has 6 nitrogen and oxygen atoms in total. The van der Waals surface area contributed by atoms with Crippen LogP contribution in [-0.4, -0.2) is 49.1 Å². The summed E-state index contributed by atoms with van der Waals surface area (Å²) in [6, 6.07) is 6.33. The molecular formula is C15H20N4O2S. The molecule has 1 saturated heterocycles. The topological polar surface area (TPSA) is 70.4 Å². The van der Waals surface area contributed by atoms with Crippen LogP contribution in [0.2, 0.25) is 0 Å². The fraction of sp³-hybridized carbons (Fsp3) is 0.467. The van der Waals surface area contributed by atoms with Crippen LogP contribution in [0.4, 0.5) is 11.7 Å². The lowest BCUT2D eigenvalue weighted by Gasteiger charge is -2.22. The lowest BCUT2D eigenvalue weighted by molar-refractivity contribution is -0.116. The van der Waals surface area contributed by atoms with Gasteiger partial charge in [0, 0.05) is 50.3 Å². The molecule has 7 heteroatoms. The second-order valence-electron chi connectivity index (χ2n) is 5.55. The van der Waals surface area contributed by atoms with Gasteiger partial charge in [-0.25, -0.2) is 0 Å². The molecule has 22 heavy (non-hydrogen) atoms. The molecule has 1 aromatic heterocycles. The summed E-state index contributed by atoms with van der Waals surface area (Å²) in [6.07, 6.45) is 0.493. The molecule has 118 valence electrons. The first kappa shape index (κ1) is 15.2. The molecule has 0 radical (unpaired) electrons. The van der Waals surface area contributed by atoms with E-state index in [0.717, 1.165) is 29.3 Å². The van der Waals surface area contributed by atoms with Crippen molar-refractivity contribution in [1.82, 2.24) is 10.3 Å². The smallest absolute Gasteiger partial charge is 0.297 e. The number of fused-ring (bicyclic) bond motifs is 1. The first-order valence-corrected chi connectivity index (χ1v) is 8.46. The molecular weight excluding hydrogens is 300 g/mol. The Morgan fingerprint density at radius 2 is 2.41 bits per heavy atom. The zero-order chi connectivity index (χ0) is 15.5. The fourth-order valence-electron chi connectivity index (χ4n) is 2.37. The van der Waals surface area contributed by atoms with Crippen molar-refractivity contribution in [2.24, 2.45) is 0 Å². The number of rotatable bonds is 4. The number of aromatic nitrogens is 1. The number of thioether (sulfide) groups is 1. The average Bonchev–Trinajstić information content (AvgIpc) is 2.91. The van der Waals surface area contributed by atoms with E-state index >= 15 is 0 Å². The van der Waals surface area contributed by atoms with Crippen LogP contribution in [0.5, 0.6) is 0 Å². The number of amides is 1. The maximum atomic E-state index is 12.1. The Bertz CT molecular complexity index is 665. The summed E-state index contributed by atoms with van der Waals surface area (Å²) in [6.45, 7) is 0.973. The van der Waals surface area contributed by atoms with Gasteiger partial charge in [-0.3, -0.25) is 4.79 Å². The van der Waals surface area contributed by atoms with Gasteiger partial charge in [-0.05, 0) is 18.2 Å². The molecule has 1 fully saturated rings. The van der Waals surface area contributed by atoms with Crippen molar-refractivity contribution in [2.75, 3.05) is 42.4 Å². The molecule has 0 bridgehead atoms. The lowest BCUT2D eigenvalue weighted by Crippen LogP contribution is -2.39. The number of nitrogens with zero attached hydrogens (tertiary/aromatic N) is 2. The maximum absolute atomic E-state index is 12.1. The number of carbonyl (C=O) groups is 1. The molecule has 1 aliphatic rings. The van der Waals surface area contributed by atoms with Crippen LogP contribution in [-0.2, 0) is 4.79 Å². The summed E-state index contributed by atoms with van der Waals surface area (Å²) in [5, 5.41) is 6.30. The first-order chi connectivity index (χ1) is 10.6. The minimum Gasteiger partial charge on any atom is -0.423 e. The lowest BCUT2D eigenvalue weighted by atomic mass is 10.2. The summed E-state index contributed by atoms with van der Waals surface area (Å²) in [4.78, 5) is 18.3. The summed E-state index contributed by atoms with van der Waals surface area (Å²) < 4.78 is 5.60. The van der Waals surface area contributed by atoms with E-state index in [1.165, 1.54) is 0 Å². The third-order valence-electron chi connectivity index (χ3n) is 3.47. The van der Waals surface area contributed by atoms with Crippen LogP contribution in [0.15, 0.2) is 22.6 Å². The molecule has 0 saturated carbocycles. The number of benzene rings is 1. The van der Waals surface area contributed by atoms with E-state index in [1.807, 2.05) is 49.0 Å². The molecule has 0 aliphatic carbocycles. The summed E-state index contributed by atoms with van der Waals surface area (Å²) >= 11 is 1.89. The van der Waals surface area contributed by atoms with Gasteiger partial charge in [0.25, 0.3) is 6.01 Å². The minimum absolute atomic E-state index is 0.0238. The molecule has 2 N–H and O–H groups in total. The van der Waals surface area contributed by atoms with Crippen molar-refractivity contribution in [3.8, 4) is 0 Å². The van der Waals surface area contributed by atoms with E-state index < -0.39 is 0 Å². The summed E-state index contributed by atoms with van der Waals surface area (Å²) in [5.74, 6) is 2.13. The van der Waals surface area contributed by atoms with E-state index in [0.29, 0.717) is 18.0 Å². The molecule has 2 heterocycles. The number of hydrogen-bond acceptors (Lipinski definition) is 6. The Kier molecular flexibility index (Phi) is 4.54. The largest absolute Gasteiger partial charge is 0.423 e. The standard InChI is InChI=1S/C15H20N4O2S/c1-19(2)15-18-12-7-10(3-4-13(12)21-15)17-14(20)8-11-9-22-6-5-16-11/h3-4,7,11,16H,5-6,8-9H2,1-2H3,(H,17,20). The van der Waals surface area contributed by atoms with E-state index in [4.69, 9.17) is 4.42 Å². The van der Waals surface area contributed by atoms with Crippen LogP contribution in [0, 0.1) is 0 Å². The van der Waals surface area contributed by atoms with Crippen LogP contribution in [0.3, 0.4) is 0 Å². The Morgan fingerprint density at radius 1 is 1.55 bits per heavy atom. The minimum atomic E-state index is 0.0238. The molecule has 1 atom stereocenters. The van der Waals surface area contributed by atoms with Gasteiger partial charge >= 0.3 is 0 Å². The van der Waals surface area contributed by atoms with E-state index in [-0.39, 0.29) is 11.9 Å². The van der Waals surface area contributed by atoms with E-state index in [9.17, 15) is 4.79 Å². The van der Waals surface area contributed by atoms with Gasteiger partial charge in [-0.15, -0.1) is 0 Å². The second kappa shape index (κ2) is 6.58. The number of nitrogens with one attached hydrogen (secondary N) is 2. The van der Waals surface area contributed by atoms with Crippen molar-refractivity contribution in [1.29, 1.82) is 0 Å². The number of anilines is 2. The van der Waals surface area contributed by atoms with Crippen molar-refractivity contribution >= 4 is 40.5 Å². The van der Waals surface area contributed by atoms with Gasteiger partial charge in [0.2, 0.25) is 5.91 Å².